The van der Waals surface area contributed by atoms with Crippen LogP contribution in [0.25, 0.3) is 0 Å². The monoisotopic (exact) mass is 370 g/mol. The molecule has 27 heavy (non-hydrogen) atoms. The predicted molar refractivity (Wildman–Crippen MR) is 99.6 cm³/mol. The summed E-state index contributed by atoms with van der Waals surface area (Å²) >= 11 is 0. The summed E-state index contributed by atoms with van der Waals surface area (Å²) in [6, 6.07) is 7.43. The minimum absolute atomic E-state index is 0.0604. The molecule has 1 atom stereocenters. The summed E-state index contributed by atoms with van der Waals surface area (Å²) in [6.07, 6.45) is 3.99. The Morgan fingerprint density at radius 1 is 1.11 bits per heavy atom. The number of aryl methyl sites for hydroxylation is 2. The summed E-state index contributed by atoms with van der Waals surface area (Å²) in [4.78, 5) is 26.8. The molecule has 1 aliphatic heterocycles. The van der Waals surface area contributed by atoms with Crippen LogP contribution in [0, 0.1) is 0 Å². The number of benzene rings is 1. The second-order valence-corrected chi connectivity index (χ2v) is 7.07. The smallest absolute Gasteiger partial charge is 0.319 e. The molecule has 1 fully saturated rings. The first kappa shape index (κ1) is 19.0. The van der Waals surface area contributed by atoms with E-state index < -0.39 is 11.6 Å². The van der Waals surface area contributed by atoms with Gasteiger partial charge in [0, 0.05) is 6.54 Å². The van der Waals surface area contributed by atoms with Gasteiger partial charge in [0.15, 0.2) is 5.82 Å². The van der Waals surface area contributed by atoms with Crippen LogP contribution in [-0.2, 0) is 29.8 Å². The van der Waals surface area contributed by atoms with Crippen LogP contribution in [0.5, 0.6) is 0 Å². The van der Waals surface area contributed by atoms with E-state index in [9.17, 15) is 9.59 Å². The summed E-state index contributed by atoms with van der Waals surface area (Å²) in [6.45, 7) is 6.67. The van der Waals surface area contributed by atoms with Crippen molar-refractivity contribution in [2.45, 2.75) is 65.1 Å². The van der Waals surface area contributed by atoms with Crippen molar-refractivity contribution in [2.75, 3.05) is 0 Å². The summed E-state index contributed by atoms with van der Waals surface area (Å²) in [5.74, 6) is 0.218. The van der Waals surface area contributed by atoms with Gasteiger partial charge in [0.05, 0.1) is 6.54 Å². The van der Waals surface area contributed by atoms with Gasteiger partial charge in [-0.2, -0.15) is 0 Å². The minimum Gasteiger partial charge on any atom is -0.319 e. The molecule has 1 N–H and O–H groups in total. The molecule has 1 aromatic carbocycles. The number of rotatable bonds is 8. The quantitative estimate of drug-likeness (QED) is 0.720. The van der Waals surface area contributed by atoms with Crippen LogP contribution in [0.3, 0.4) is 0 Å². The number of nitrogens with zero attached hydrogens (tertiary/aromatic N) is 5. The van der Waals surface area contributed by atoms with E-state index in [0.717, 1.165) is 31.2 Å². The highest BCUT2D eigenvalue weighted by atomic mass is 16.2. The summed E-state index contributed by atoms with van der Waals surface area (Å²) < 4.78 is 1.65. The Labute approximate surface area is 158 Å². The van der Waals surface area contributed by atoms with Gasteiger partial charge in [0.25, 0.3) is 5.91 Å². The molecule has 0 spiro atoms. The lowest BCUT2D eigenvalue weighted by molar-refractivity contribution is -0.131. The van der Waals surface area contributed by atoms with Gasteiger partial charge in [-0.05, 0) is 41.3 Å². The number of imide groups is 1. The Bertz CT molecular complexity index is 816. The van der Waals surface area contributed by atoms with Crippen molar-refractivity contribution in [2.24, 2.45) is 0 Å². The average molecular weight is 370 g/mol. The van der Waals surface area contributed by atoms with Crippen molar-refractivity contribution >= 4 is 11.9 Å². The molecule has 1 aliphatic rings. The highest BCUT2D eigenvalue weighted by Crippen LogP contribution is 2.30. The normalized spacial score (nSPS) is 19.6. The molecule has 8 nitrogen and oxygen atoms in total. The van der Waals surface area contributed by atoms with Crippen LogP contribution >= 0.6 is 0 Å². The van der Waals surface area contributed by atoms with Crippen molar-refractivity contribution in [1.29, 1.82) is 0 Å². The van der Waals surface area contributed by atoms with E-state index >= 15 is 0 Å². The molecule has 0 bridgehead atoms. The molecule has 1 aromatic heterocycles. The highest BCUT2D eigenvalue weighted by Gasteiger charge is 2.49. The first-order valence-corrected chi connectivity index (χ1v) is 9.48. The zero-order valence-electron chi connectivity index (χ0n) is 16.1. The first-order valence-electron chi connectivity index (χ1n) is 9.48. The SMILES string of the molecule is CCCCn1nnnc1CN1C(=O)NC(C)(c2ccc(CCC)cc2)C1=O. The van der Waals surface area contributed by atoms with E-state index in [0.29, 0.717) is 12.4 Å². The summed E-state index contributed by atoms with van der Waals surface area (Å²) in [5, 5.41) is 14.5. The van der Waals surface area contributed by atoms with E-state index in [1.54, 1.807) is 11.6 Å². The number of carbonyl (C=O) groups excluding carboxylic acids is 2. The third-order valence-electron chi connectivity index (χ3n) is 4.97. The summed E-state index contributed by atoms with van der Waals surface area (Å²) in [7, 11) is 0. The van der Waals surface area contributed by atoms with Gasteiger partial charge in [-0.25, -0.2) is 9.48 Å². The van der Waals surface area contributed by atoms with Crippen LogP contribution in [0.15, 0.2) is 24.3 Å². The lowest BCUT2D eigenvalue weighted by atomic mass is 9.91. The third-order valence-corrected chi connectivity index (χ3v) is 4.97. The number of hydrogen-bond acceptors (Lipinski definition) is 5. The van der Waals surface area contributed by atoms with Gasteiger partial charge >= 0.3 is 6.03 Å². The Balaban J connectivity index is 1.79. The van der Waals surface area contributed by atoms with Crippen molar-refractivity contribution in [3.63, 3.8) is 0 Å². The average Bonchev–Trinajstić information content (AvgIpc) is 3.19. The molecule has 8 heteroatoms. The van der Waals surface area contributed by atoms with Crippen molar-refractivity contribution in [3.8, 4) is 0 Å². The van der Waals surface area contributed by atoms with E-state index in [1.807, 2.05) is 24.3 Å². The van der Waals surface area contributed by atoms with Crippen molar-refractivity contribution < 1.29 is 9.59 Å². The number of urea groups is 1. The number of tetrazole rings is 1. The Morgan fingerprint density at radius 2 is 1.85 bits per heavy atom. The van der Waals surface area contributed by atoms with Crippen molar-refractivity contribution in [3.05, 3.63) is 41.2 Å². The zero-order valence-corrected chi connectivity index (χ0v) is 16.1. The molecule has 1 unspecified atom stereocenters. The van der Waals surface area contributed by atoms with Gasteiger partial charge in [-0.15, -0.1) is 5.10 Å². The fourth-order valence-corrected chi connectivity index (χ4v) is 3.29. The number of aromatic nitrogens is 4. The number of amides is 3. The molecule has 3 amide bonds. The fourth-order valence-electron chi connectivity index (χ4n) is 3.29. The molecule has 3 rings (SSSR count). The zero-order chi connectivity index (χ0) is 19.4. The lowest BCUT2D eigenvalue weighted by Gasteiger charge is -2.22. The molecular weight excluding hydrogens is 344 g/mol. The maximum atomic E-state index is 13.1. The van der Waals surface area contributed by atoms with Gasteiger partial charge in [0.1, 0.15) is 5.54 Å². The van der Waals surface area contributed by atoms with Crippen LogP contribution < -0.4 is 5.32 Å². The second-order valence-electron chi connectivity index (χ2n) is 7.07. The maximum Gasteiger partial charge on any atom is 0.325 e. The molecule has 144 valence electrons. The molecule has 0 radical (unpaired) electrons. The lowest BCUT2D eigenvalue weighted by Crippen LogP contribution is -2.40. The van der Waals surface area contributed by atoms with Gasteiger partial charge in [0.2, 0.25) is 0 Å². The number of carbonyl (C=O) groups is 2. The van der Waals surface area contributed by atoms with E-state index in [4.69, 9.17) is 0 Å². The molecule has 1 saturated heterocycles. The third kappa shape index (κ3) is 3.70. The van der Waals surface area contributed by atoms with E-state index in [2.05, 4.69) is 34.7 Å². The first-order chi connectivity index (χ1) is 13.0. The van der Waals surface area contributed by atoms with Crippen LogP contribution in [0.1, 0.15) is 57.0 Å². The van der Waals surface area contributed by atoms with Crippen LogP contribution in [-0.4, -0.2) is 37.0 Å². The summed E-state index contributed by atoms with van der Waals surface area (Å²) in [5.41, 5.74) is 0.908. The molecule has 2 aromatic rings. The second kappa shape index (κ2) is 7.85. The largest absolute Gasteiger partial charge is 0.325 e. The predicted octanol–water partition coefficient (Wildman–Crippen LogP) is 2.39. The van der Waals surface area contributed by atoms with Gasteiger partial charge in [-0.3, -0.25) is 9.69 Å². The van der Waals surface area contributed by atoms with Gasteiger partial charge in [-0.1, -0.05) is 51.0 Å². The Hall–Kier alpha value is -2.77. The van der Waals surface area contributed by atoms with Crippen molar-refractivity contribution in [1.82, 2.24) is 30.4 Å². The highest BCUT2D eigenvalue weighted by molar-refractivity contribution is 6.07. The maximum absolute atomic E-state index is 13.1. The topological polar surface area (TPSA) is 93.0 Å². The van der Waals surface area contributed by atoms with E-state index in [1.165, 1.54) is 10.5 Å². The van der Waals surface area contributed by atoms with E-state index in [-0.39, 0.29) is 12.5 Å². The van der Waals surface area contributed by atoms with Crippen LogP contribution in [0.4, 0.5) is 4.79 Å². The minimum atomic E-state index is -1.08. The number of nitrogens with one attached hydrogen (secondary N) is 1. The number of hydrogen-bond donors (Lipinski definition) is 1. The number of unbranched alkanes of at least 4 members (excludes halogenated alkanes) is 1. The molecule has 2 heterocycles. The molecule has 0 aliphatic carbocycles. The molecule has 0 saturated carbocycles. The Morgan fingerprint density at radius 3 is 2.52 bits per heavy atom. The van der Waals surface area contributed by atoms with Crippen LogP contribution in [0.2, 0.25) is 0 Å². The van der Waals surface area contributed by atoms with Gasteiger partial charge < -0.3 is 5.32 Å². The Kier molecular flexibility index (Phi) is 5.53. The standard InChI is InChI=1S/C19H26N6O2/c1-4-6-12-25-16(21-22-23-25)13-24-17(26)19(3,20-18(24)27)15-10-8-14(7-5-2)9-11-15/h8-11H,4-7,12-13H2,1-3H3,(H,20,27). The molecular formula is C19H26N6O2. The fraction of sp³-hybridized carbons (Fsp3) is 0.526.